The number of hydrogen-bond acceptors (Lipinski definition) is 8. The number of amides is 1. The van der Waals surface area contributed by atoms with E-state index in [2.05, 4.69) is 15.5 Å². The van der Waals surface area contributed by atoms with E-state index in [1.54, 1.807) is 25.3 Å². The Labute approximate surface area is 286 Å². The summed E-state index contributed by atoms with van der Waals surface area (Å²) >= 11 is 12.1. The Morgan fingerprint density at radius 2 is 1.53 bits per heavy atom. The van der Waals surface area contributed by atoms with E-state index in [1.165, 1.54) is 18.1 Å². The highest BCUT2D eigenvalue weighted by atomic mass is 35.5. The Morgan fingerprint density at radius 3 is 2.11 bits per heavy atom. The fourth-order valence-corrected chi connectivity index (χ4v) is 7.36. The van der Waals surface area contributed by atoms with E-state index in [9.17, 15) is 9.90 Å². The molecule has 252 valence electrons. The molecule has 4 heterocycles. The summed E-state index contributed by atoms with van der Waals surface area (Å²) in [7, 11) is 1.57. The van der Waals surface area contributed by atoms with Crippen LogP contribution in [0.3, 0.4) is 0 Å². The molecule has 0 unspecified atom stereocenters. The van der Waals surface area contributed by atoms with Crippen molar-refractivity contribution in [2.24, 2.45) is 0 Å². The Balaban J connectivity index is 0.000000213. The SMILES string of the molecule is COc1ccc(NC(C)=O)c(OC[C@@H](O)CN2CCC3(CC2)Cc2cc(Cl)ccc2O3)c1.Clc1ccc2c(c1)CC1(CCNCC1)O2. The molecule has 9 nitrogen and oxygen atoms in total. The van der Waals surface area contributed by atoms with Gasteiger partial charge in [-0.3, -0.25) is 4.79 Å². The average molecular weight is 685 g/mol. The average Bonchev–Trinajstić information content (AvgIpc) is 3.58. The van der Waals surface area contributed by atoms with Gasteiger partial charge in [0, 0.05) is 68.4 Å². The maximum Gasteiger partial charge on any atom is 0.221 e. The second-order valence-electron chi connectivity index (χ2n) is 13.0. The molecule has 4 aliphatic rings. The zero-order valence-corrected chi connectivity index (χ0v) is 28.5. The van der Waals surface area contributed by atoms with Crippen LogP contribution in [-0.4, -0.2) is 79.7 Å². The summed E-state index contributed by atoms with van der Waals surface area (Å²) in [5.74, 6) is 2.85. The summed E-state index contributed by atoms with van der Waals surface area (Å²) in [5, 5.41) is 18.2. The number of fused-ring (bicyclic) bond motifs is 2. The van der Waals surface area contributed by atoms with Crippen LogP contribution in [0.2, 0.25) is 10.0 Å². The zero-order valence-electron chi connectivity index (χ0n) is 27.0. The summed E-state index contributed by atoms with van der Waals surface area (Å²) in [6, 6.07) is 16.9. The lowest BCUT2D eigenvalue weighted by Crippen LogP contribution is -2.49. The third kappa shape index (κ3) is 8.27. The van der Waals surface area contributed by atoms with Gasteiger partial charge in [-0.05, 0) is 85.6 Å². The molecule has 2 saturated heterocycles. The van der Waals surface area contributed by atoms with Crippen LogP contribution in [0.5, 0.6) is 23.0 Å². The number of ether oxygens (including phenoxy) is 4. The predicted molar refractivity (Wildman–Crippen MR) is 184 cm³/mol. The third-order valence-corrected chi connectivity index (χ3v) is 9.88. The van der Waals surface area contributed by atoms with E-state index in [1.807, 2.05) is 36.4 Å². The van der Waals surface area contributed by atoms with Crippen LogP contribution in [0.4, 0.5) is 5.69 Å². The Kier molecular flexibility index (Phi) is 10.4. The van der Waals surface area contributed by atoms with Gasteiger partial charge in [-0.15, -0.1) is 0 Å². The third-order valence-electron chi connectivity index (χ3n) is 9.40. The lowest BCUT2D eigenvalue weighted by atomic mass is 9.87. The number of halogens is 2. The van der Waals surface area contributed by atoms with E-state index in [4.69, 9.17) is 42.1 Å². The Bertz CT molecular complexity index is 1570. The van der Waals surface area contributed by atoms with Crippen molar-refractivity contribution < 1.29 is 28.8 Å². The summed E-state index contributed by atoms with van der Waals surface area (Å²) in [6.45, 7) is 5.86. The van der Waals surface area contributed by atoms with Gasteiger partial charge in [0.15, 0.2) is 0 Å². The fraction of sp³-hybridized carbons (Fsp3) is 0.472. The molecule has 1 atom stereocenters. The molecule has 0 saturated carbocycles. The lowest BCUT2D eigenvalue weighted by Gasteiger charge is -2.39. The molecule has 47 heavy (non-hydrogen) atoms. The van der Waals surface area contributed by atoms with Crippen LogP contribution < -0.4 is 29.6 Å². The smallest absolute Gasteiger partial charge is 0.221 e. The molecule has 3 N–H and O–H groups in total. The quantitative estimate of drug-likeness (QED) is 0.283. The van der Waals surface area contributed by atoms with Crippen molar-refractivity contribution in [2.75, 3.05) is 51.8 Å². The molecule has 0 bridgehead atoms. The molecule has 3 aromatic rings. The molecule has 11 heteroatoms. The number of benzene rings is 3. The first kappa shape index (κ1) is 33.7. The van der Waals surface area contributed by atoms with Crippen LogP contribution >= 0.6 is 23.2 Å². The minimum atomic E-state index is -0.666. The van der Waals surface area contributed by atoms with Gasteiger partial charge in [0.1, 0.15) is 46.9 Å². The van der Waals surface area contributed by atoms with Gasteiger partial charge in [-0.25, -0.2) is 0 Å². The molecule has 7 rings (SSSR count). The Morgan fingerprint density at radius 1 is 0.936 bits per heavy atom. The second-order valence-corrected chi connectivity index (χ2v) is 13.9. The van der Waals surface area contributed by atoms with Crippen LogP contribution in [0.15, 0.2) is 54.6 Å². The topological polar surface area (TPSA) is 102 Å². The number of aliphatic hydroxyl groups is 1. The zero-order chi connectivity index (χ0) is 33.0. The van der Waals surface area contributed by atoms with Crippen LogP contribution in [0.1, 0.15) is 43.7 Å². The molecule has 3 aromatic carbocycles. The first-order chi connectivity index (χ1) is 22.6. The van der Waals surface area contributed by atoms with E-state index in [-0.39, 0.29) is 23.7 Å². The molecule has 0 radical (unpaired) electrons. The van der Waals surface area contributed by atoms with Crippen LogP contribution in [0, 0.1) is 0 Å². The standard InChI is InChI=1S/C24H29ClN2O5.C12H14ClNO/c1-16(28)26-21-5-4-20(30-2)12-23(21)31-15-19(29)14-27-9-7-24(8-10-27)13-17-11-18(25)3-6-22(17)32-24;13-10-1-2-11-9(7-10)8-12(15-11)3-5-14-6-4-12/h3-6,11-12,19,29H,7-10,13-15H2,1-2H3,(H,26,28);1-2,7,14H,3-6,8H2/t19-;/m0./s1. The Hall–Kier alpha value is -3.21. The van der Waals surface area contributed by atoms with Crippen LogP contribution in [0.25, 0.3) is 0 Å². The molecular weight excluding hydrogens is 641 g/mol. The fourth-order valence-electron chi connectivity index (χ4n) is 6.97. The predicted octanol–water partition coefficient (Wildman–Crippen LogP) is 5.91. The van der Waals surface area contributed by atoms with Gasteiger partial charge >= 0.3 is 0 Å². The minimum absolute atomic E-state index is 0.0538. The summed E-state index contributed by atoms with van der Waals surface area (Å²) < 4.78 is 23.4. The number of β-amino-alcohol motifs (C(OH)–C–C–N with tert-alkyl or cyclic N) is 1. The van der Waals surface area contributed by atoms with Crippen molar-refractivity contribution in [3.05, 3.63) is 75.8 Å². The monoisotopic (exact) mass is 683 g/mol. The highest BCUT2D eigenvalue weighted by molar-refractivity contribution is 6.31. The minimum Gasteiger partial charge on any atom is -0.497 e. The van der Waals surface area contributed by atoms with E-state index < -0.39 is 6.10 Å². The van der Waals surface area contributed by atoms with Crippen molar-refractivity contribution >= 4 is 34.8 Å². The van der Waals surface area contributed by atoms with Crippen LogP contribution in [-0.2, 0) is 17.6 Å². The van der Waals surface area contributed by atoms with Gasteiger partial charge in [-0.2, -0.15) is 0 Å². The number of aliphatic hydroxyl groups excluding tert-OH is 1. The molecule has 4 aliphatic heterocycles. The van der Waals surface area contributed by atoms with E-state index >= 15 is 0 Å². The second kappa shape index (κ2) is 14.5. The lowest BCUT2D eigenvalue weighted by molar-refractivity contribution is -0.114. The summed E-state index contributed by atoms with van der Waals surface area (Å²) in [4.78, 5) is 13.7. The van der Waals surface area contributed by atoms with Crippen molar-refractivity contribution in [3.63, 3.8) is 0 Å². The maximum absolute atomic E-state index is 11.4. The highest BCUT2D eigenvalue weighted by Crippen LogP contribution is 2.42. The number of carbonyl (C=O) groups is 1. The van der Waals surface area contributed by atoms with Crippen molar-refractivity contribution in [1.29, 1.82) is 0 Å². The number of likely N-dealkylation sites (tertiary alicyclic amines) is 1. The number of piperidine rings is 2. The van der Waals surface area contributed by atoms with Gasteiger partial charge in [0.05, 0.1) is 12.8 Å². The van der Waals surface area contributed by atoms with Gasteiger partial charge in [-0.1, -0.05) is 23.2 Å². The number of anilines is 1. The molecule has 1 amide bonds. The first-order valence-electron chi connectivity index (χ1n) is 16.3. The molecule has 2 spiro atoms. The van der Waals surface area contributed by atoms with Crippen molar-refractivity contribution in [1.82, 2.24) is 10.2 Å². The van der Waals surface area contributed by atoms with E-state index in [0.717, 1.165) is 86.2 Å². The summed E-state index contributed by atoms with van der Waals surface area (Å²) in [6.07, 6.45) is 5.22. The van der Waals surface area contributed by atoms with Crippen molar-refractivity contribution in [2.45, 2.75) is 62.8 Å². The molecule has 0 aromatic heterocycles. The normalized spacial score (nSPS) is 19.4. The first-order valence-corrected chi connectivity index (χ1v) is 17.0. The van der Waals surface area contributed by atoms with E-state index in [0.29, 0.717) is 23.7 Å². The summed E-state index contributed by atoms with van der Waals surface area (Å²) in [5.41, 5.74) is 2.87. The number of carbonyl (C=O) groups excluding carboxylic acids is 1. The number of nitrogens with one attached hydrogen (secondary N) is 2. The highest BCUT2D eigenvalue weighted by Gasteiger charge is 2.42. The van der Waals surface area contributed by atoms with Crippen molar-refractivity contribution in [3.8, 4) is 23.0 Å². The molecule has 0 aliphatic carbocycles. The van der Waals surface area contributed by atoms with Gasteiger partial charge in [0.25, 0.3) is 0 Å². The molecular formula is C36H43Cl2N3O6. The van der Waals surface area contributed by atoms with Gasteiger partial charge < -0.3 is 39.6 Å². The number of rotatable bonds is 7. The van der Waals surface area contributed by atoms with Gasteiger partial charge in [0.2, 0.25) is 5.91 Å². The largest absolute Gasteiger partial charge is 0.497 e. The number of methoxy groups -OCH3 is 1. The number of hydrogen-bond donors (Lipinski definition) is 3. The maximum atomic E-state index is 11.4. The number of nitrogens with zero attached hydrogens (tertiary/aromatic N) is 1. The molecule has 2 fully saturated rings.